The number of amidine groups is 1. The second-order valence-electron chi connectivity index (χ2n) is 9.46. The highest BCUT2D eigenvalue weighted by atomic mass is 32.2. The van der Waals surface area contributed by atoms with Gasteiger partial charge < -0.3 is 10.1 Å². The van der Waals surface area contributed by atoms with Crippen LogP contribution in [0.5, 0.6) is 5.75 Å². The van der Waals surface area contributed by atoms with Crippen LogP contribution in [0.15, 0.2) is 87.8 Å². The Kier molecular flexibility index (Phi) is 10.5. The average Bonchev–Trinajstić information content (AvgIpc) is 3.27. The molecule has 3 aromatic rings. The number of nitrogens with one attached hydrogen (secondary N) is 1. The topological polar surface area (TPSA) is 86.6 Å². The van der Waals surface area contributed by atoms with Crippen LogP contribution < -0.4 is 10.1 Å². The normalized spacial score (nSPS) is 15.7. The quantitative estimate of drug-likeness (QED) is 0.185. The Morgan fingerprint density at radius 1 is 1.05 bits per heavy atom. The smallest absolute Gasteiger partial charge is 0.287 e. The van der Waals surface area contributed by atoms with E-state index in [1.54, 1.807) is 40.9 Å². The van der Waals surface area contributed by atoms with E-state index in [2.05, 4.69) is 5.32 Å². The fourth-order valence-corrected chi connectivity index (χ4v) is 5.75. The number of benzene rings is 3. The number of allylic oxidation sites excluding steroid dienone is 1. The van der Waals surface area contributed by atoms with Crippen LogP contribution in [0.4, 0.5) is 11.4 Å². The van der Waals surface area contributed by atoms with Gasteiger partial charge in [0.05, 0.1) is 30.7 Å². The van der Waals surface area contributed by atoms with Gasteiger partial charge in [-0.2, -0.15) is 5.10 Å². The third-order valence-corrected chi connectivity index (χ3v) is 8.34. The summed E-state index contributed by atoms with van der Waals surface area (Å²) in [5, 5.41) is 10.7. The van der Waals surface area contributed by atoms with Crippen molar-refractivity contribution >= 4 is 62.5 Å². The highest BCUT2D eigenvalue weighted by molar-refractivity contribution is 8.28. The third-order valence-electron chi connectivity index (χ3n) is 6.59. The van der Waals surface area contributed by atoms with Crippen LogP contribution >= 0.6 is 23.5 Å². The fraction of sp³-hybridized carbons (Fsp3) is 0.250. The molecule has 0 aromatic heterocycles. The number of hydrogen-bond acceptors (Lipinski definition) is 9. The number of rotatable bonds is 11. The predicted molar refractivity (Wildman–Crippen MR) is 177 cm³/mol. The summed E-state index contributed by atoms with van der Waals surface area (Å²) in [4.78, 5) is 33.6. The van der Waals surface area contributed by atoms with E-state index < -0.39 is 0 Å². The Morgan fingerprint density at radius 3 is 2.36 bits per heavy atom. The van der Waals surface area contributed by atoms with Crippen molar-refractivity contribution in [1.29, 1.82) is 0 Å². The SMILES string of the molecule is CCNc1ccc(C(C)=O)cc1N=C1S/C(=N/N(C)/C(=C(/C)SC)c2ccc(OC)cc2)C(=O)N1Cc1ccccc1. The van der Waals surface area contributed by atoms with Crippen LogP contribution in [0.3, 0.4) is 0 Å². The highest BCUT2D eigenvalue weighted by Crippen LogP contribution is 2.34. The molecule has 1 amide bonds. The largest absolute Gasteiger partial charge is 0.497 e. The van der Waals surface area contributed by atoms with Crippen LogP contribution in [-0.4, -0.2) is 58.8 Å². The number of aliphatic imine (C=N–C) groups is 1. The summed E-state index contributed by atoms with van der Waals surface area (Å²) >= 11 is 2.84. The van der Waals surface area contributed by atoms with Crippen molar-refractivity contribution in [2.75, 3.05) is 32.3 Å². The zero-order valence-electron chi connectivity index (χ0n) is 24.7. The lowest BCUT2D eigenvalue weighted by atomic mass is 10.1. The molecule has 4 rings (SSSR count). The Hall–Kier alpha value is -4.02. The van der Waals surface area contributed by atoms with Crippen LogP contribution in [0.2, 0.25) is 0 Å². The lowest BCUT2D eigenvalue weighted by Crippen LogP contribution is -2.30. The molecule has 1 N–H and O–H groups in total. The molecular weight excluding hydrogens is 567 g/mol. The standard InChI is InChI=1S/C32H35N5O3S2/c1-7-33-27-18-15-25(21(2)38)19-28(27)34-32-37(20-23-11-9-8-10-12-23)31(39)30(42-32)35-36(4)29(22(3)41-6)24-13-16-26(40-5)17-14-24/h8-19,33H,7,20H2,1-6H3/b29-22-,34-32?,35-30+. The van der Waals surface area contributed by atoms with Crippen molar-refractivity contribution < 1.29 is 14.3 Å². The van der Waals surface area contributed by atoms with Crippen molar-refractivity contribution in [2.24, 2.45) is 10.1 Å². The molecule has 0 aliphatic carbocycles. The number of carbonyl (C=O) groups excluding carboxylic acids is 2. The van der Waals surface area contributed by atoms with Crippen molar-refractivity contribution in [3.8, 4) is 5.75 Å². The molecule has 1 saturated heterocycles. The number of carbonyl (C=O) groups is 2. The van der Waals surface area contributed by atoms with Crippen LogP contribution in [-0.2, 0) is 11.3 Å². The number of hydrazone groups is 1. The zero-order chi connectivity index (χ0) is 30.2. The molecule has 0 unspecified atom stereocenters. The monoisotopic (exact) mass is 601 g/mol. The molecule has 0 atom stereocenters. The van der Waals surface area contributed by atoms with Gasteiger partial charge in [-0.15, -0.1) is 11.8 Å². The zero-order valence-corrected chi connectivity index (χ0v) is 26.3. The number of hydrogen-bond donors (Lipinski definition) is 1. The summed E-state index contributed by atoms with van der Waals surface area (Å²) in [6.07, 6.45) is 2.01. The van der Waals surface area contributed by atoms with Gasteiger partial charge >= 0.3 is 0 Å². The Labute approximate surface area is 255 Å². The van der Waals surface area contributed by atoms with Crippen molar-refractivity contribution in [2.45, 2.75) is 27.3 Å². The maximum Gasteiger partial charge on any atom is 0.287 e. The van der Waals surface area contributed by atoms with Crippen molar-refractivity contribution in [3.63, 3.8) is 0 Å². The van der Waals surface area contributed by atoms with Gasteiger partial charge in [-0.25, -0.2) is 4.99 Å². The lowest BCUT2D eigenvalue weighted by Gasteiger charge is -2.21. The van der Waals surface area contributed by atoms with E-state index in [1.165, 1.54) is 18.7 Å². The number of Topliss-reactive ketones (excluding diaryl/α,β-unsaturated/α-hetero) is 1. The van der Waals surface area contributed by atoms with Gasteiger partial charge in [0.15, 0.2) is 16.0 Å². The van der Waals surface area contributed by atoms with E-state index in [-0.39, 0.29) is 11.7 Å². The Bertz CT molecular complexity index is 1540. The first kappa shape index (κ1) is 30.9. The highest BCUT2D eigenvalue weighted by Gasteiger charge is 2.36. The molecule has 10 heteroatoms. The molecule has 1 aliphatic rings. The first-order valence-electron chi connectivity index (χ1n) is 13.5. The number of methoxy groups -OCH3 is 1. The third kappa shape index (κ3) is 7.24. The van der Waals surface area contributed by atoms with Crippen molar-refractivity contribution in [3.05, 3.63) is 94.4 Å². The molecule has 1 aliphatic heterocycles. The molecule has 0 radical (unpaired) electrons. The summed E-state index contributed by atoms with van der Waals surface area (Å²) in [5.41, 5.74) is 4.73. The Balaban J connectivity index is 1.77. The molecule has 42 heavy (non-hydrogen) atoms. The van der Waals surface area contributed by atoms with Crippen LogP contribution in [0.25, 0.3) is 5.70 Å². The predicted octanol–water partition coefficient (Wildman–Crippen LogP) is 7.09. The van der Waals surface area contributed by atoms with E-state index in [9.17, 15) is 9.59 Å². The molecule has 1 heterocycles. The van der Waals surface area contributed by atoms with E-state index in [4.69, 9.17) is 14.8 Å². The van der Waals surface area contributed by atoms with E-state index >= 15 is 0 Å². The van der Waals surface area contributed by atoms with Crippen LogP contribution in [0.1, 0.15) is 42.3 Å². The van der Waals surface area contributed by atoms with Crippen molar-refractivity contribution in [1.82, 2.24) is 9.91 Å². The number of amides is 1. The number of anilines is 1. The van der Waals surface area contributed by atoms with Gasteiger partial charge in [-0.3, -0.25) is 19.5 Å². The van der Waals surface area contributed by atoms with E-state index in [0.717, 1.165) is 33.2 Å². The van der Waals surface area contributed by atoms with Gasteiger partial charge in [0, 0.05) is 29.6 Å². The Morgan fingerprint density at radius 2 is 1.74 bits per heavy atom. The van der Waals surface area contributed by atoms with E-state index in [1.807, 2.05) is 87.8 Å². The minimum atomic E-state index is -0.238. The fourth-order valence-electron chi connectivity index (χ4n) is 4.38. The first-order valence-corrected chi connectivity index (χ1v) is 15.5. The summed E-state index contributed by atoms with van der Waals surface area (Å²) in [6.45, 7) is 6.58. The number of ketones is 1. The molecule has 0 saturated carbocycles. The first-order chi connectivity index (χ1) is 20.2. The number of ether oxygens (including phenoxy) is 1. The van der Waals surface area contributed by atoms with Gasteiger partial charge in [-0.05, 0) is 86.8 Å². The van der Waals surface area contributed by atoms with Gasteiger partial charge in [0.2, 0.25) is 0 Å². The second-order valence-corrected chi connectivity index (χ2v) is 11.4. The summed E-state index contributed by atoms with van der Waals surface area (Å²) in [5.74, 6) is 0.471. The molecular formula is C32H35N5O3S2. The minimum Gasteiger partial charge on any atom is -0.497 e. The summed E-state index contributed by atoms with van der Waals surface area (Å²) in [7, 11) is 3.48. The van der Waals surface area contributed by atoms with Crippen LogP contribution in [0, 0.1) is 0 Å². The maximum absolute atomic E-state index is 13.9. The average molecular weight is 602 g/mol. The molecule has 8 nitrogen and oxygen atoms in total. The number of nitrogens with zero attached hydrogens (tertiary/aromatic N) is 4. The summed E-state index contributed by atoms with van der Waals surface area (Å²) in [6, 6.07) is 22.9. The summed E-state index contributed by atoms with van der Waals surface area (Å²) < 4.78 is 5.33. The van der Waals surface area contributed by atoms with Gasteiger partial charge in [-0.1, -0.05) is 30.3 Å². The number of thioether (sulfide) groups is 2. The molecule has 0 spiro atoms. The second kappa shape index (κ2) is 14.2. The van der Waals surface area contributed by atoms with E-state index in [0.29, 0.717) is 34.6 Å². The van der Waals surface area contributed by atoms with Gasteiger partial charge in [0.1, 0.15) is 5.75 Å². The maximum atomic E-state index is 13.9. The lowest BCUT2D eigenvalue weighted by molar-refractivity contribution is -0.120. The molecule has 0 bridgehead atoms. The molecule has 218 valence electrons. The van der Waals surface area contributed by atoms with Gasteiger partial charge in [0.25, 0.3) is 5.91 Å². The molecule has 1 fully saturated rings. The molecule has 3 aromatic carbocycles. The minimum absolute atomic E-state index is 0.0540.